The Bertz CT molecular complexity index is 584. The number of likely N-dealkylation sites (tertiary alicyclic amines) is 1. The van der Waals surface area contributed by atoms with Crippen LogP contribution in [0.25, 0.3) is 5.69 Å². The third kappa shape index (κ3) is 2.89. The number of hydrogen-bond acceptors (Lipinski definition) is 3. The van der Waals surface area contributed by atoms with Gasteiger partial charge in [-0.2, -0.15) is 5.10 Å². The van der Waals surface area contributed by atoms with Gasteiger partial charge in [-0.1, -0.05) is 6.07 Å². The Kier molecular flexibility index (Phi) is 3.80. The number of methoxy groups -OCH3 is 1. The minimum absolute atomic E-state index is 0.248. The molecule has 0 radical (unpaired) electrons. The van der Waals surface area contributed by atoms with Gasteiger partial charge in [0.05, 0.1) is 18.0 Å². The molecule has 106 valence electrons. The van der Waals surface area contributed by atoms with Crippen LogP contribution < -0.4 is 0 Å². The minimum atomic E-state index is -0.248. The summed E-state index contributed by atoms with van der Waals surface area (Å²) >= 11 is 0. The third-order valence-electron chi connectivity index (χ3n) is 3.68. The van der Waals surface area contributed by atoms with Gasteiger partial charge in [0.15, 0.2) is 0 Å². The quantitative estimate of drug-likeness (QED) is 0.857. The van der Waals surface area contributed by atoms with Crippen molar-refractivity contribution < 1.29 is 9.13 Å². The standard InChI is InChI=1S/C15H18FN3O/c1-20-15-5-6-18(11-15)9-12-8-17-19(10-12)14-4-2-3-13(16)7-14/h2-4,7-8,10,15H,5-6,9,11H2,1H3. The second-order valence-corrected chi connectivity index (χ2v) is 5.15. The molecule has 0 bridgehead atoms. The fraction of sp³-hybridized carbons (Fsp3) is 0.400. The van der Waals surface area contributed by atoms with Gasteiger partial charge in [-0.3, -0.25) is 4.90 Å². The Morgan fingerprint density at radius 1 is 1.45 bits per heavy atom. The number of hydrogen-bond donors (Lipinski definition) is 0. The highest BCUT2D eigenvalue weighted by molar-refractivity contribution is 5.31. The van der Waals surface area contributed by atoms with Gasteiger partial charge in [0.25, 0.3) is 0 Å². The minimum Gasteiger partial charge on any atom is -0.380 e. The number of rotatable bonds is 4. The second kappa shape index (κ2) is 5.73. The van der Waals surface area contributed by atoms with Gasteiger partial charge in [-0.15, -0.1) is 0 Å². The van der Waals surface area contributed by atoms with Gasteiger partial charge >= 0.3 is 0 Å². The molecule has 2 heterocycles. The Hall–Kier alpha value is -1.72. The zero-order chi connectivity index (χ0) is 13.9. The first-order chi connectivity index (χ1) is 9.74. The Morgan fingerprint density at radius 2 is 2.35 bits per heavy atom. The van der Waals surface area contributed by atoms with Crippen LogP contribution in [-0.2, 0) is 11.3 Å². The van der Waals surface area contributed by atoms with Crippen LogP contribution in [-0.4, -0.2) is 41.0 Å². The van der Waals surface area contributed by atoms with Crippen molar-refractivity contribution in [2.24, 2.45) is 0 Å². The number of aromatic nitrogens is 2. The highest BCUT2D eigenvalue weighted by Crippen LogP contribution is 2.16. The first-order valence-corrected chi connectivity index (χ1v) is 6.79. The molecule has 1 aromatic carbocycles. The largest absolute Gasteiger partial charge is 0.380 e. The maximum atomic E-state index is 13.2. The number of benzene rings is 1. The van der Waals surface area contributed by atoms with Crippen LogP contribution in [0.4, 0.5) is 4.39 Å². The van der Waals surface area contributed by atoms with Crippen molar-refractivity contribution in [1.29, 1.82) is 0 Å². The van der Waals surface area contributed by atoms with Crippen molar-refractivity contribution in [3.05, 3.63) is 48.0 Å². The molecule has 0 N–H and O–H groups in total. The van der Waals surface area contributed by atoms with E-state index in [1.165, 1.54) is 12.1 Å². The molecule has 1 atom stereocenters. The van der Waals surface area contributed by atoms with Gasteiger partial charge < -0.3 is 4.74 Å². The van der Waals surface area contributed by atoms with Gasteiger partial charge in [0.1, 0.15) is 5.82 Å². The van der Waals surface area contributed by atoms with E-state index in [0.717, 1.165) is 37.3 Å². The summed E-state index contributed by atoms with van der Waals surface area (Å²) < 4.78 is 20.3. The summed E-state index contributed by atoms with van der Waals surface area (Å²) in [5, 5.41) is 4.30. The summed E-state index contributed by atoms with van der Waals surface area (Å²) in [5.74, 6) is -0.248. The van der Waals surface area contributed by atoms with E-state index in [1.54, 1.807) is 17.9 Å². The lowest BCUT2D eigenvalue weighted by molar-refractivity contribution is 0.107. The van der Waals surface area contributed by atoms with Gasteiger partial charge in [-0.05, 0) is 24.6 Å². The highest BCUT2D eigenvalue weighted by atomic mass is 19.1. The van der Waals surface area contributed by atoms with Crippen molar-refractivity contribution in [2.75, 3.05) is 20.2 Å². The summed E-state index contributed by atoms with van der Waals surface area (Å²) in [6, 6.07) is 6.45. The molecule has 1 unspecified atom stereocenters. The molecule has 0 amide bonds. The monoisotopic (exact) mass is 275 g/mol. The average molecular weight is 275 g/mol. The molecule has 1 aromatic heterocycles. The van der Waals surface area contributed by atoms with Crippen LogP contribution in [0, 0.1) is 5.82 Å². The molecule has 3 rings (SSSR count). The molecule has 5 heteroatoms. The molecule has 0 saturated carbocycles. The molecule has 4 nitrogen and oxygen atoms in total. The average Bonchev–Trinajstić information content (AvgIpc) is 3.08. The number of ether oxygens (including phenoxy) is 1. The van der Waals surface area contributed by atoms with E-state index in [-0.39, 0.29) is 5.82 Å². The topological polar surface area (TPSA) is 30.3 Å². The van der Waals surface area contributed by atoms with E-state index >= 15 is 0 Å². The lowest BCUT2D eigenvalue weighted by Crippen LogP contribution is -2.22. The Labute approximate surface area is 117 Å². The molecule has 0 aliphatic carbocycles. The third-order valence-corrected chi connectivity index (χ3v) is 3.68. The summed E-state index contributed by atoms with van der Waals surface area (Å²) in [5.41, 5.74) is 1.87. The summed E-state index contributed by atoms with van der Waals surface area (Å²) in [6.07, 6.45) is 5.21. The van der Waals surface area contributed by atoms with Gasteiger partial charge in [0, 0.05) is 38.5 Å². The summed E-state index contributed by atoms with van der Waals surface area (Å²) in [4.78, 5) is 2.35. The molecule has 20 heavy (non-hydrogen) atoms. The smallest absolute Gasteiger partial charge is 0.125 e. The van der Waals surface area contributed by atoms with E-state index in [9.17, 15) is 4.39 Å². The fourth-order valence-corrected chi connectivity index (χ4v) is 2.59. The van der Waals surface area contributed by atoms with E-state index < -0.39 is 0 Å². The van der Waals surface area contributed by atoms with Crippen molar-refractivity contribution in [2.45, 2.75) is 19.1 Å². The van der Waals surface area contributed by atoms with Crippen LogP contribution in [0.1, 0.15) is 12.0 Å². The molecule has 2 aromatic rings. The Balaban J connectivity index is 1.68. The van der Waals surface area contributed by atoms with Crippen LogP contribution in [0.3, 0.4) is 0 Å². The van der Waals surface area contributed by atoms with E-state index in [2.05, 4.69) is 10.00 Å². The van der Waals surface area contributed by atoms with Gasteiger partial charge in [0.2, 0.25) is 0 Å². The van der Waals surface area contributed by atoms with Crippen LogP contribution in [0.5, 0.6) is 0 Å². The van der Waals surface area contributed by atoms with E-state index in [1.807, 2.05) is 18.5 Å². The second-order valence-electron chi connectivity index (χ2n) is 5.15. The highest BCUT2D eigenvalue weighted by Gasteiger charge is 2.22. The normalized spacial score (nSPS) is 19.6. The summed E-state index contributed by atoms with van der Waals surface area (Å²) in [6.45, 7) is 2.86. The number of halogens is 1. The van der Waals surface area contributed by atoms with Gasteiger partial charge in [-0.25, -0.2) is 9.07 Å². The first-order valence-electron chi connectivity index (χ1n) is 6.79. The van der Waals surface area contributed by atoms with Crippen molar-refractivity contribution in [3.8, 4) is 5.69 Å². The zero-order valence-electron chi connectivity index (χ0n) is 11.5. The van der Waals surface area contributed by atoms with E-state index in [4.69, 9.17) is 4.74 Å². The molecule has 0 spiro atoms. The van der Waals surface area contributed by atoms with E-state index in [0.29, 0.717) is 6.10 Å². The molecular formula is C15H18FN3O. The van der Waals surface area contributed by atoms with Crippen molar-refractivity contribution in [3.63, 3.8) is 0 Å². The Morgan fingerprint density at radius 3 is 3.10 bits per heavy atom. The predicted octanol–water partition coefficient (Wildman–Crippen LogP) is 2.23. The van der Waals surface area contributed by atoms with Crippen molar-refractivity contribution in [1.82, 2.24) is 14.7 Å². The van der Waals surface area contributed by atoms with Crippen molar-refractivity contribution >= 4 is 0 Å². The fourth-order valence-electron chi connectivity index (χ4n) is 2.59. The molecule has 1 fully saturated rings. The maximum Gasteiger partial charge on any atom is 0.125 e. The van der Waals surface area contributed by atoms with Crippen LogP contribution in [0.15, 0.2) is 36.7 Å². The van der Waals surface area contributed by atoms with Crippen LogP contribution in [0.2, 0.25) is 0 Å². The molecule has 1 aliphatic rings. The molecular weight excluding hydrogens is 257 g/mol. The molecule has 1 aliphatic heterocycles. The first kappa shape index (κ1) is 13.3. The lowest BCUT2D eigenvalue weighted by atomic mass is 10.3. The zero-order valence-corrected chi connectivity index (χ0v) is 11.5. The predicted molar refractivity (Wildman–Crippen MR) is 74.2 cm³/mol. The lowest BCUT2D eigenvalue weighted by Gasteiger charge is -2.13. The summed E-state index contributed by atoms with van der Waals surface area (Å²) in [7, 11) is 1.76. The molecule has 1 saturated heterocycles. The number of nitrogens with zero attached hydrogens (tertiary/aromatic N) is 3. The van der Waals surface area contributed by atoms with Crippen LogP contribution >= 0.6 is 0 Å². The maximum absolute atomic E-state index is 13.2. The SMILES string of the molecule is COC1CCN(Cc2cnn(-c3cccc(F)c3)c2)C1.